The molecule has 1 heterocycles. The van der Waals surface area contributed by atoms with E-state index < -0.39 is 0 Å². The Morgan fingerprint density at radius 2 is 2.13 bits per heavy atom. The van der Waals surface area contributed by atoms with Crippen LogP contribution in [-0.2, 0) is 9.63 Å². The number of benzene rings is 1. The first-order chi connectivity index (χ1) is 7.27. The lowest BCUT2D eigenvalue weighted by molar-refractivity contribution is -0.137. The van der Waals surface area contributed by atoms with Gasteiger partial charge >= 0.3 is 5.97 Å². The van der Waals surface area contributed by atoms with Crippen LogP contribution in [0.1, 0.15) is 6.92 Å². The maximum atomic E-state index is 10.7. The quantitative estimate of drug-likeness (QED) is 0.758. The molecule has 0 spiro atoms. The summed E-state index contributed by atoms with van der Waals surface area (Å²) in [6, 6.07) is 9.38. The molecule has 1 aromatic heterocycles. The Morgan fingerprint density at radius 1 is 1.33 bits per heavy atom. The number of aromatic nitrogens is 1. The van der Waals surface area contributed by atoms with Gasteiger partial charge < -0.3 is 4.84 Å². The Hall–Kier alpha value is -2.10. The Balaban J connectivity index is 2.38. The van der Waals surface area contributed by atoms with E-state index in [1.807, 2.05) is 24.3 Å². The maximum Gasteiger partial charge on any atom is 0.329 e. The second-order valence-electron chi connectivity index (χ2n) is 3.07. The monoisotopic (exact) mass is 202 g/mol. The molecule has 15 heavy (non-hydrogen) atoms. The van der Waals surface area contributed by atoms with Crippen LogP contribution in [0.15, 0.2) is 36.5 Å². The van der Waals surface area contributed by atoms with Crippen molar-refractivity contribution >= 4 is 22.6 Å². The average Bonchev–Trinajstić information content (AvgIpc) is 2.26. The molecule has 0 saturated heterocycles. The second kappa shape index (κ2) is 3.96. The van der Waals surface area contributed by atoms with Crippen molar-refractivity contribution < 1.29 is 9.63 Å². The Kier molecular flexibility index (Phi) is 2.49. The van der Waals surface area contributed by atoms with Crippen molar-refractivity contribution in [3.05, 3.63) is 36.5 Å². The molecule has 0 amide bonds. The first-order valence-corrected chi connectivity index (χ1v) is 4.54. The summed E-state index contributed by atoms with van der Waals surface area (Å²) in [7, 11) is 0. The molecule has 76 valence electrons. The fourth-order valence-corrected chi connectivity index (χ4v) is 1.31. The van der Waals surface area contributed by atoms with E-state index in [0.717, 1.165) is 16.6 Å². The van der Waals surface area contributed by atoms with Crippen LogP contribution < -0.4 is 5.48 Å². The van der Waals surface area contributed by atoms with Gasteiger partial charge in [0.2, 0.25) is 0 Å². The minimum atomic E-state index is -0.379. The molecular formula is C11H10N2O2. The number of para-hydroxylation sites is 1. The number of fused-ring (bicyclic) bond motifs is 1. The minimum Gasteiger partial charge on any atom is -0.344 e. The van der Waals surface area contributed by atoms with Crippen molar-refractivity contribution in [1.29, 1.82) is 0 Å². The van der Waals surface area contributed by atoms with E-state index in [-0.39, 0.29) is 5.97 Å². The van der Waals surface area contributed by atoms with Crippen molar-refractivity contribution in [3.8, 4) is 0 Å². The number of anilines is 1. The smallest absolute Gasteiger partial charge is 0.329 e. The Labute approximate surface area is 86.8 Å². The van der Waals surface area contributed by atoms with Gasteiger partial charge in [0.25, 0.3) is 0 Å². The molecule has 0 radical (unpaired) electrons. The Morgan fingerprint density at radius 3 is 2.93 bits per heavy atom. The topological polar surface area (TPSA) is 51.2 Å². The van der Waals surface area contributed by atoms with Crippen LogP contribution in [0.25, 0.3) is 10.9 Å². The van der Waals surface area contributed by atoms with Gasteiger partial charge in [-0.25, -0.2) is 5.48 Å². The first-order valence-electron chi connectivity index (χ1n) is 4.54. The van der Waals surface area contributed by atoms with Crippen LogP contribution in [0, 0.1) is 0 Å². The normalized spacial score (nSPS) is 9.93. The highest BCUT2D eigenvalue weighted by molar-refractivity contribution is 5.90. The van der Waals surface area contributed by atoms with Crippen LogP contribution in [0.3, 0.4) is 0 Å². The summed E-state index contributed by atoms with van der Waals surface area (Å²) in [5.41, 5.74) is 4.19. The maximum absolute atomic E-state index is 10.7. The molecule has 1 N–H and O–H groups in total. The minimum absolute atomic E-state index is 0.379. The first kappa shape index (κ1) is 9.45. The van der Waals surface area contributed by atoms with Gasteiger partial charge in [0, 0.05) is 18.5 Å². The highest BCUT2D eigenvalue weighted by Crippen LogP contribution is 2.20. The molecule has 4 nitrogen and oxygen atoms in total. The van der Waals surface area contributed by atoms with E-state index in [2.05, 4.69) is 10.5 Å². The zero-order chi connectivity index (χ0) is 10.7. The lowest BCUT2D eigenvalue weighted by Crippen LogP contribution is -2.06. The van der Waals surface area contributed by atoms with Gasteiger partial charge in [-0.05, 0) is 12.1 Å². The second-order valence-corrected chi connectivity index (χ2v) is 3.07. The van der Waals surface area contributed by atoms with Crippen LogP contribution in [-0.4, -0.2) is 11.0 Å². The van der Waals surface area contributed by atoms with E-state index in [1.54, 1.807) is 12.3 Å². The number of hydrogen-bond acceptors (Lipinski definition) is 4. The van der Waals surface area contributed by atoms with E-state index in [1.165, 1.54) is 6.92 Å². The molecule has 0 unspecified atom stereocenters. The third kappa shape index (κ3) is 2.04. The van der Waals surface area contributed by atoms with Crippen LogP contribution in [0.5, 0.6) is 0 Å². The summed E-state index contributed by atoms with van der Waals surface area (Å²) in [6.07, 6.45) is 1.66. The van der Waals surface area contributed by atoms with Crippen molar-refractivity contribution in [2.75, 3.05) is 5.48 Å². The summed E-state index contributed by atoms with van der Waals surface area (Å²) in [4.78, 5) is 19.6. The van der Waals surface area contributed by atoms with Crippen LogP contribution >= 0.6 is 0 Å². The largest absolute Gasteiger partial charge is 0.344 e. The van der Waals surface area contributed by atoms with Gasteiger partial charge in [-0.15, -0.1) is 0 Å². The highest BCUT2D eigenvalue weighted by Gasteiger charge is 2.01. The predicted octanol–water partition coefficient (Wildman–Crippen LogP) is 2.12. The summed E-state index contributed by atoms with van der Waals surface area (Å²) >= 11 is 0. The highest BCUT2D eigenvalue weighted by atomic mass is 16.7. The van der Waals surface area contributed by atoms with Crippen molar-refractivity contribution in [2.24, 2.45) is 0 Å². The molecule has 0 saturated carbocycles. The SMILES string of the molecule is CC(=O)ONc1ccnc2ccccc12. The molecule has 0 bridgehead atoms. The molecule has 0 aliphatic heterocycles. The zero-order valence-corrected chi connectivity index (χ0v) is 8.23. The lowest BCUT2D eigenvalue weighted by atomic mass is 10.2. The standard InChI is InChI=1S/C11H10N2O2/c1-8(14)15-13-11-6-7-12-10-5-3-2-4-9(10)11/h2-7H,1H3,(H,12,13). The molecule has 0 fully saturated rings. The molecule has 2 rings (SSSR count). The fourth-order valence-electron chi connectivity index (χ4n) is 1.31. The van der Waals surface area contributed by atoms with Crippen LogP contribution in [0.4, 0.5) is 5.69 Å². The van der Waals surface area contributed by atoms with E-state index in [0.29, 0.717) is 0 Å². The van der Waals surface area contributed by atoms with Crippen molar-refractivity contribution in [1.82, 2.24) is 4.98 Å². The van der Waals surface area contributed by atoms with Gasteiger partial charge in [-0.3, -0.25) is 9.78 Å². The molecule has 0 aliphatic carbocycles. The van der Waals surface area contributed by atoms with Gasteiger partial charge in [0.05, 0.1) is 11.2 Å². The summed E-state index contributed by atoms with van der Waals surface area (Å²) in [5.74, 6) is -0.379. The molecule has 0 atom stereocenters. The van der Waals surface area contributed by atoms with Gasteiger partial charge in [-0.1, -0.05) is 18.2 Å². The van der Waals surface area contributed by atoms with E-state index in [9.17, 15) is 4.79 Å². The predicted molar refractivity (Wildman–Crippen MR) is 57.1 cm³/mol. The van der Waals surface area contributed by atoms with E-state index >= 15 is 0 Å². The number of carbonyl (C=O) groups is 1. The summed E-state index contributed by atoms with van der Waals surface area (Å²) in [5, 5.41) is 0.918. The Bertz CT molecular complexity index is 491. The molecular weight excluding hydrogens is 192 g/mol. The number of nitrogens with one attached hydrogen (secondary N) is 1. The van der Waals surface area contributed by atoms with Crippen LogP contribution in [0.2, 0.25) is 0 Å². The van der Waals surface area contributed by atoms with Crippen molar-refractivity contribution in [3.63, 3.8) is 0 Å². The number of carbonyl (C=O) groups excluding carboxylic acids is 1. The van der Waals surface area contributed by atoms with Gasteiger partial charge in [0.1, 0.15) is 0 Å². The summed E-state index contributed by atoms with van der Waals surface area (Å²) in [6.45, 7) is 1.34. The van der Waals surface area contributed by atoms with Crippen molar-refractivity contribution in [2.45, 2.75) is 6.92 Å². The zero-order valence-electron chi connectivity index (χ0n) is 8.23. The fraction of sp³-hybridized carbons (Fsp3) is 0.0909. The molecule has 1 aromatic carbocycles. The average molecular weight is 202 g/mol. The summed E-state index contributed by atoms with van der Waals surface area (Å²) < 4.78 is 0. The van der Waals surface area contributed by atoms with Gasteiger partial charge in [0.15, 0.2) is 0 Å². The molecule has 0 aliphatic rings. The van der Waals surface area contributed by atoms with Gasteiger partial charge in [-0.2, -0.15) is 0 Å². The number of hydrogen-bond donors (Lipinski definition) is 1. The number of rotatable bonds is 2. The van der Waals surface area contributed by atoms with E-state index in [4.69, 9.17) is 4.84 Å². The third-order valence-corrected chi connectivity index (χ3v) is 1.95. The third-order valence-electron chi connectivity index (χ3n) is 1.95. The number of nitrogens with zero attached hydrogens (tertiary/aromatic N) is 1. The number of pyridine rings is 1. The molecule has 4 heteroatoms. The molecule has 2 aromatic rings. The lowest BCUT2D eigenvalue weighted by Gasteiger charge is -2.07.